The van der Waals surface area contributed by atoms with Crippen LogP contribution in [-0.4, -0.2) is 73.7 Å². The Hall–Kier alpha value is -1.67. The molecule has 0 spiro atoms. The maximum atomic E-state index is 12.8. The number of benzene rings is 1. The number of aromatic amines is 1. The van der Waals surface area contributed by atoms with Gasteiger partial charge in [0.15, 0.2) is 0 Å². The van der Waals surface area contributed by atoms with E-state index < -0.39 is 17.1 Å². The van der Waals surface area contributed by atoms with Crippen molar-refractivity contribution in [1.82, 2.24) is 14.5 Å². The molecule has 0 bridgehead atoms. The van der Waals surface area contributed by atoms with Gasteiger partial charge in [0.1, 0.15) is 0 Å². The molecule has 2 aromatic rings. The van der Waals surface area contributed by atoms with E-state index in [9.17, 15) is 19.5 Å². The Balaban J connectivity index is 0.00000272. The van der Waals surface area contributed by atoms with Crippen molar-refractivity contribution >= 4 is 52.3 Å². The zero-order chi connectivity index (χ0) is 21.3. The Kier molecular flexibility index (Phi) is 7.97. The van der Waals surface area contributed by atoms with Crippen LogP contribution in [0.15, 0.2) is 39.4 Å². The normalized spacial score (nSPS) is 21.4. The van der Waals surface area contributed by atoms with E-state index in [4.69, 9.17) is 0 Å². The van der Waals surface area contributed by atoms with Crippen LogP contribution in [0.2, 0.25) is 0 Å². The van der Waals surface area contributed by atoms with E-state index in [1.54, 1.807) is 24.3 Å². The van der Waals surface area contributed by atoms with Gasteiger partial charge in [0.05, 0.1) is 16.6 Å². The van der Waals surface area contributed by atoms with Gasteiger partial charge < -0.3 is 10.1 Å². The fourth-order valence-electron chi connectivity index (χ4n) is 5.20. The van der Waals surface area contributed by atoms with Crippen molar-refractivity contribution in [3.63, 3.8) is 0 Å². The molecular formula is C23H29N3NaO4. The Bertz CT molecular complexity index is 1100. The van der Waals surface area contributed by atoms with Crippen LogP contribution in [0.1, 0.15) is 58.3 Å². The third-order valence-electron chi connectivity index (χ3n) is 6.67. The average Bonchev–Trinajstić information content (AvgIpc) is 2.69. The Morgan fingerprint density at radius 2 is 1.71 bits per heavy atom. The van der Waals surface area contributed by atoms with Gasteiger partial charge in [-0.15, -0.1) is 0 Å². The molecule has 31 heavy (non-hydrogen) atoms. The van der Waals surface area contributed by atoms with Gasteiger partial charge >= 0.3 is 17.1 Å². The van der Waals surface area contributed by atoms with E-state index in [2.05, 4.69) is 9.88 Å². The number of carboxylic acid groups (broad SMARTS) is 1. The fourth-order valence-corrected chi connectivity index (χ4v) is 5.20. The van der Waals surface area contributed by atoms with E-state index in [1.807, 2.05) is 6.92 Å². The largest absolute Gasteiger partial charge is 0.478 e. The molecule has 1 aromatic carbocycles. The summed E-state index contributed by atoms with van der Waals surface area (Å²) in [6.45, 7) is 2.60. The van der Waals surface area contributed by atoms with E-state index in [0.29, 0.717) is 35.7 Å². The van der Waals surface area contributed by atoms with Crippen LogP contribution < -0.4 is 11.1 Å². The number of para-hydroxylation sites is 2. The molecule has 1 aliphatic carbocycles. The Morgan fingerprint density at radius 3 is 2.39 bits per heavy atom. The molecule has 8 heteroatoms. The number of carbonyl (C=O) groups is 1. The number of nitrogens with one attached hydrogen (secondary N) is 1. The maximum absolute atomic E-state index is 12.8. The number of rotatable bonds is 3. The summed E-state index contributed by atoms with van der Waals surface area (Å²) in [6.07, 6.45) is 8.69. The zero-order valence-electron chi connectivity index (χ0n) is 18.4. The van der Waals surface area contributed by atoms with Crippen molar-refractivity contribution < 1.29 is 9.90 Å². The van der Waals surface area contributed by atoms with Gasteiger partial charge in [-0.25, -0.2) is 4.79 Å². The van der Waals surface area contributed by atoms with E-state index in [-0.39, 0.29) is 41.2 Å². The van der Waals surface area contributed by atoms with Crippen LogP contribution >= 0.6 is 0 Å². The van der Waals surface area contributed by atoms with Crippen LogP contribution in [0.3, 0.4) is 0 Å². The van der Waals surface area contributed by atoms with Gasteiger partial charge in [-0.3, -0.25) is 19.1 Å². The number of aliphatic carboxylic acids is 1. The quantitative estimate of drug-likeness (QED) is 0.572. The molecule has 0 amide bonds. The second-order valence-electron chi connectivity index (χ2n) is 8.44. The van der Waals surface area contributed by atoms with Crippen LogP contribution in [0.4, 0.5) is 0 Å². The van der Waals surface area contributed by atoms with Gasteiger partial charge in [-0.2, -0.15) is 0 Å². The minimum Gasteiger partial charge on any atom is -0.478 e. The molecule has 1 radical (unpaired) electrons. The molecule has 0 saturated heterocycles. The molecule has 1 fully saturated rings. The fraction of sp³-hybridized carbons (Fsp3) is 0.522. The maximum Gasteiger partial charge on any atom is 0.334 e. The molecule has 2 aliphatic rings. The number of hydrogen-bond acceptors (Lipinski definition) is 4. The number of fused-ring (bicyclic) bond motifs is 1. The van der Waals surface area contributed by atoms with Crippen LogP contribution in [-0.2, 0) is 4.79 Å². The molecule has 1 atom stereocenters. The zero-order valence-corrected chi connectivity index (χ0v) is 20.4. The third-order valence-corrected chi connectivity index (χ3v) is 6.67. The minimum absolute atomic E-state index is 0. The average molecular weight is 434 g/mol. The van der Waals surface area contributed by atoms with Gasteiger partial charge in [0, 0.05) is 60.3 Å². The van der Waals surface area contributed by atoms with Crippen molar-refractivity contribution in [2.75, 3.05) is 6.54 Å². The van der Waals surface area contributed by atoms with E-state index >= 15 is 0 Å². The monoisotopic (exact) mass is 434 g/mol. The minimum atomic E-state index is -1.02. The molecule has 7 nitrogen and oxygen atoms in total. The second kappa shape index (κ2) is 10.3. The summed E-state index contributed by atoms with van der Waals surface area (Å²) in [5.74, 6) is -1.02. The van der Waals surface area contributed by atoms with E-state index in [1.165, 1.54) is 36.7 Å². The van der Waals surface area contributed by atoms with Crippen molar-refractivity contribution in [3.8, 4) is 0 Å². The Labute approximate surface area is 203 Å². The van der Waals surface area contributed by atoms with Crippen LogP contribution in [0, 0.1) is 0 Å². The molecule has 1 unspecified atom stereocenters. The first kappa shape index (κ1) is 24.0. The second-order valence-corrected chi connectivity index (χ2v) is 8.44. The van der Waals surface area contributed by atoms with Gasteiger partial charge in [0.2, 0.25) is 0 Å². The summed E-state index contributed by atoms with van der Waals surface area (Å²) >= 11 is 0. The number of carboxylic acids is 1. The summed E-state index contributed by atoms with van der Waals surface area (Å²) in [6, 6.07) is 7.07. The summed E-state index contributed by atoms with van der Waals surface area (Å²) in [5, 5.41) is 10.1. The molecular weight excluding hydrogens is 405 g/mol. The van der Waals surface area contributed by atoms with Crippen molar-refractivity contribution in [3.05, 3.63) is 50.5 Å². The molecule has 1 aromatic heterocycles. The molecule has 161 valence electrons. The summed E-state index contributed by atoms with van der Waals surface area (Å²) < 4.78 is 1.32. The van der Waals surface area contributed by atoms with Gasteiger partial charge in [-0.1, -0.05) is 44.2 Å². The number of hydrogen-bond donors (Lipinski definition) is 2. The topological polar surface area (TPSA) is 95.4 Å². The number of aromatic nitrogens is 2. The smallest absolute Gasteiger partial charge is 0.334 e. The Morgan fingerprint density at radius 1 is 1.06 bits per heavy atom. The molecule has 2 N–H and O–H groups in total. The molecule has 4 rings (SSSR count). The predicted octanol–water partition coefficient (Wildman–Crippen LogP) is 2.81. The standard InChI is InChI=1S/C23H29N3O4.Na/c1-15-20(23(29)30)19(13-14-25(15)16-9-5-3-2-4-6-10-16)26-18-12-8-7-11-17(18)24-21(27)22(26)28;/h7-8,11-12,15-16H,2-6,9-10,13-14H2,1H3,(H,24,27)(H,29,30);. The van der Waals surface area contributed by atoms with Crippen molar-refractivity contribution in [1.29, 1.82) is 0 Å². The van der Waals surface area contributed by atoms with E-state index in [0.717, 1.165) is 12.8 Å². The third kappa shape index (κ3) is 4.75. The molecule has 1 saturated carbocycles. The van der Waals surface area contributed by atoms with Crippen LogP contribution in [0.25, 0.3) is 16.7 Å². The van der Waals surface area contributed by atoms with Crippen LogP contribution in [0.5, 0.6) is 0 Å². The number of H-pyrrole nitrogens is 1. The SMILES string of the molecule is CC1C(C(=O)O)=C(n2c(=O)c(=O)[nH]c3ccccc32)CCN1C1CCCCCCC1.[Na]. The van der Waals surface area contributed by atoms with Gasteiger partial charge in [-0.05, 0) is 31.9 Å². The van der Waals surface area contributed by atoms with Crippen molar-refractivity contribution in [2.24, 2.45) is 0 Å². The summed E-state index contributed by atoms with van der Waals surface area (Å²) in [7, 11) is 0. The first-order valence-electron chi connectivity index (χ1n) is 11.0. The number of nitrogens with zero attached hydrogens (tertiary/aromatic N) is 2. The van der Waals surface area contributed by atoms with Crippen molar-refractivity contribution in [2.45, 2.75) is 70.4 Å². The first-order valence-corrected chi connectivity index (χ1v) is 11.0. The summed E-state index contributed by atoms with van der Waals surface area (Å²) in [5.41, 5.74) is 0.248. The molecule has 2 heterocycles. The molecule has 1 aliphatic heterocycles. The predicted molar refractivity (Wildman–Crippen MR) is 122 cm³/mol. The summed E-state index contributed by atoms with van der Waals surface area (Å²) in [4.78, 5) is 42.3. The van der Waals surface area contributed by atoms with Gasteiger partial charge in [0.25, 0.3) is 0 Å². The first-order chi connectivity index (χ1) is 14.5.